The molecule has 41 heavy (non-hydrogen) atoms. The van der Waals surface area contributed by atoms with Crippen molar-refractivity contribution >= 4 is 17.7 Å². The molecule has 0 bridgehead atoms. The second-order valence-corrected chi connectivity index (χ2v) is 9.00. The number of carbonyl (C=O) groups is 1. The molecule has 1 heterocycles. The summed E-state index contributed by atoms with van der Waals surface area (Å²) in [6, 6.07) is 2.10. The van der Waals surface area contributed by atoms with Crippen molar-refractivity contribution in [3.05, 3.63) is 37.4 Å². The Morgan fingerprint density at radius 3 is 2.10 bits per heavy atom. The number of amides is 1. The van der Waals surface area contributed by atoms with Gasteiger partial charge in [-0.1, -0.05) is 40.7 Å². The van der Waals surface area contributed by atoms with Gasteiger partial charge in [-0.15, -0.1) is 12.3 Å². The minimum Gasteiger partial charge on any atom is -0.370 e. The number of rotatable bonds is 11. The Morgan fingerprint density at radius 2 is 1.73 bits per heavy atom. The first-order valence-corrected chi connectivity index (χ1v) is 13.6. The Morgan fingerprint density at radius 1 is 1.20 bits per heavy atom. The molecular formula is C30H49F3N6OU. The number of hydrogen-bond acceptors (Lipinski definition) is 6. The van der Waals surface area contributed by atoms with E-state index in [9.17, 15) is 18.0 Å². The third kappa shape index (κ3) is 25.1. The largest absolute Gasteiger partial charge is 2.00 e. The van der Waals surface area contributed by atoms with Crippen molar-refractivity contribution in [2.45, 2.75) is 93.7 Å². The van der Waals surface area contributed by atoms with Crippen molar-refractivity contribution in [3.63, 3.8) is 0 Å². The van der Waals surface area contributed by atoms with Gasteiger partial charge in [-0.25, -0.2) is 4.98 Å². The van der Waals surface area contributed by atoms with Gasteiger partial charge in [-0.2, -0.15) is 29.8 Å². The van der Waals surface area contributed by atoms with Crippen LogP contribution in [0.3, 0.4) is 0 Å². The van der Waals surface area contributed by atoms with E-state index in [1.165, 1.54) is 4.90 Å². The van der Waals surface area contributed by atoms with Crippen LogP contribution in [0.25, 0.3) is 0 Å². The van der Waals surface area contributed by atoms with Gasteiger partial charge in [0.05, 0.1) is 12.0 Å². The summed E-state index contributed by atoms with van der Waals surface area (Å²) in [4.78, 5) is 20.7. The topological polar surface area (TPSA) is 93.9 Å². The number of carbonyl (C=O) groups excluding carboxylic acids is 1. The summed E-state index contributed by atoms with van der Waals surface area (Å²) in [6.45, 7) is 23.6. The van der Waals surface area contributed by atoms with Gasteiger partial charge >= 0.3 is 37.3 Å². The zero-order chi connectivity index (χ0) is 31.8. The molecule has 0 saturated carbocycles. The van der Waals surface area contributed by atoms with Gasteiger partial charge in [0, 0.05) is 36.8 Å². The monoisotopic (exact) mass is 804 g/mol. The van der Waals surface area contributed by atoms with E-state index in [4.69, 9.17) is 11.7 Å². The molecule has 1 aromatic rings. The van der Waals surface area contributed by atoms with Gasteiger partial charge in [-0.3, -0.25) is 0 Å². The van der Waals surface area contributed by atoms with E-state index in [-0.39, 0.29) is 60.7 Å². The first-order valence-electron chi connectivity index (χ1n) is 13.6. The second kappa shape index (κ2) is 26.5. The molecule has 0 unspecified atom stereocenters. The zero-order valence-electron chi connectivity index (χ0n) is 26.1. The Kier molecular flexibility index (Phi) is 29.5. The number of alkyl halides is 3. The number of nitrogens with one attached hydrogen (secondary N) is 2. The molecule has 0 radical (unpaired) electrons. The summed E-state index contributed by atoms with van der Waals surface area (Å²) in [7, 11) is 0. The first kappa shape index (κ1) is 45.6. The molecule has 0 aromatic carbocycles. The normalized spacial score (nSPS) is 10.3. The molecule has 0 atom stereocenters. The van der Waals surface area contributed by atoms with Crippen molar-refractivity contribution in [2.24, 2.45) is 5.41 Å². The molecule has 0 saturated heterocycles. The molecule has 230 valence electrons. The van der Waals surface area contributed by atoms with Crippen molar-refractivity contribution in [1.29, 1.82) is 5.26 Å². The van der Waals surface area contributed by atoms with E-state index in [0.29, 0.717) is 32.4 Å². The van der Waals surface area contributed by atoms with Gasteiger partial charge in [0.15, 0.2) is 0 Å². The first-order chi connectivity index (χ1) is 18.7. The van der Waals surface area contributed by atoms with Gasteiger partial charge < -0.3 is 34.2 Å². The third-order valence-corrected chi connectivity index (χ3v) is 4.42. The molecule has 2 N–H and O–H groups in total. The molecule has 1 amide bonds. The molecule has 0 aliphatic heterocycles. The number of aromatic nitrogens is 2. The number of hydrogen-bond donors (Lipinski definition) is 2. The minimum absolute atomic E-state index is 0. The number of nitriles is 1. The Bertz CT molecular complexity index is 932. The van der Waals surface area contributed by atoms with E-state index in [0.717, 1.165) is 24.7 Å². The molecule has 1 rings (SSSR count). The van der Waals surface area contributed by atoms with E-state index in [2.05, 4.69) is 46.4 Å². The second-order valence-electron chi connectivity index (χ2n) is 9.00. The molecular weight excluding hydrogens is 755 g/mol. The molecule has 7 nitrogen and oxygen atoms in total. The summed E-state index contributed by atoms with van der Waals surface area (Å²) in [5.74, 6) is 1.91. The molecule has 11 heteroatoms. The maximum absolute atomic E-state index is 13.3. The van der Waals surface area contributed by atoms with Crippen LogP contribution < -0.4 is 10.6 Å². The summed E-state index contributed by atoms with van der Waals surface area (Å²) in [6.07, 6.45) is 6.21. The number of allylic oxidation sites excluding steroid dienone is 2. The fraction of sp³-hybridized carbons (Fsp3) is 0.600. The predicted octanol–water partition coefficient (Wildman–Crippen LogP) is 7.91. The van der Waals surface area contributed by atoms with Crippen LogP contribution in [0, 0.1) is 74.1 Å². The van der Waals surface area contributed by atoms with Crippen molar-refractivity contribution in [3.8, 4) is 18.4 Å². The number of terminal acetylenes is 1. The quantitative estimate of drug-likeness (QED) is 0.134. The van der Waals surface area contributed by atoms with E-state index < -0.39 is 11.7 Å². The number of halogens is 3. The van der Waals surface area contributed by atoms with Crippen molar-refractivity contribution in [2.75, 3.05) is 30.3 Å². The maximum Gasteiger partial charge on any atom is 2.00 e. The Hall–Kier alpha value is -2.35. The fourth-order valence-corrected chi connectivity index (χ4v) is 2.49. The number of nitrogens with zero attached hydrogens (tertiary/aromatic N) is 4. The van der Waals surface area contributed by atoms with Crippen LogP contribution in [0.2, 0.25) is 0 Å². The smallest absolute Gasteiger partial charge is 0.370 e. The molecule has 0 aliphatic carbocycles. The van der Waals surface area contributed by atoms with E-state index in [1.54, 1.807) is 0 Å². The van der Waals surface area contributed by atoms with Gasteiger partial charge in [0.2, 0.25) is 5.95 Å². The van der Waals surface area contributed by atoms with Crippen LogP contribution in [0.5, 0.6) is 0 Å². The van der Waals surface area contributed by atoms with Crippen molar-refractivity contribution < 1.29 is 49.1 Å². The average molecular weight is 805 g/mol. The summed E-state index contributed by atoms with van der Waals surface area (Å²) in [5.41, 5.74) is -0.246. The van der Waals surface area contributed by atoms with Crippen LogP contribution >= 0.6 is 0 Å². The maximum atomic E-state index is 13.3. The summed E-state index contributed by atoms with van der Waals surface area (Å²) < 4.78 is 39.8. The Labute approximate surface area is 270 Å². The van der Waals surface area contributed by atoms with Crippen LogP contribution in [0.15, 0.2) is 18.0 Å². The SMILES string of the molecule is C#CCC.CC.CC(C)(C)C#N.[CH2-]CCN(CCCNc1nc(N/C(=C/CC)CC)ncc1C(F)(F)F)C([CH2-])=O.[U+2]. The van der Waals surface area contributed by atoms with E-state index in [1.807, 2.05) is 61.5 Å². The zero-order valence-corrected chi connectivity index (χ0v) is 30.3. The minimum atomic E-state index is -4.57. The van der Waals surface area contributed by atoms with Crippen LogP contribution in [0.4, 0.5) is 24.9 Å². The molecule has 0 aliphatic rings. The molecule has 0 fully saturated rings. The summed E-state index contributed by atoms with van der Waals surface area (Å²) >= 11 is 0. The van der Waals surface area contributed by atoms with Gasteiger partial charge in [-0.05, 0) is 46.6 Å². The average Bonchev–Trinajstić information content (AvgIpc) is 2.90. The fourth-order valence-electron chi connectivity index (χ4n) is 2.49. The van der Waals surface area contributed by atoms with E-state index >= 15 is 0 Å². The molecule has 1 aromatic heterocycles. The van der Waals surface area contributed by atoms with Crippen LogP contribution in [-0.2, 0) is 11.0 Å². The van der Waals surface area contributed by atoms with Crippen molar-refractivity contribution in [1.82, 2.24) is 14.9 Å². The van der Waals surface area contributed by atoms with Crippen LogP contribution in [-0.4, -0.2) is 40.4 Å². The Balaban J connectivity index is -0.000000445. The predicted molar refractivity (Wildman–Crippen MR) is 160 cm³/mol. The van der Waals surface area contributed by atoms with Crippen LogP contribution in [0.1, 0.15) is 93.1 Å². The summed E-state index contributed by atoms with van der Waals surface area (Å²) in [5, 5.41) is 13.8. The molecule has 0 spiro atoms. The van der Waals surface area contributed by atoms with Gasteiger partial charge in [0.25, 0.3) is 0 Å². The standard InChI is InChI=1S/C19H28F3N5O.C5H9N.C4H6.C2H6.U/c1-5-9-15(7-3)25-18-24-13-16(19(20,21)22)17(26-18)23-10-8-12-27(11-6-2)14(4)28;1-5(2,3)4-6;1-3-4-2;1-2;/h9,13H,2,4-8,10-12H2,1,3H3,(H2,23,24,25,26);1-3H3;1H,4H2,2H3;1-2H3;/q-2;;;;+2/b15-9+;;;;. The number of anilines is 2. The van der Waals surface area contributed by atoms with Gasteiger partial charge in [0.1, 0.15) is 11.4 Å². The third-order valence-electron chi connectivity index (χ3n) is 4.42.